The minimum Gasteiger partial charge on any atom is -0.369 e. The van der Waals surface area contributed by atoms with Gasteiger partial charge in [-0.2, -0.15) is 0 Å². The van der Waals surface area contributed by atoms with E-state index >= 15 is 0 Å². The molecule has 2 aromatic carbocycles. The summed E-state index contributed by atoms with van der Waals surface area (Å²) in [5.41, 5.74) is 3.66. The van der Waals surface area contributed by atoms with E-state index in [1.54, 1.807) is 42.7 Å². The van der Waals surface area contributed by atoms with Crippen molar-refractivity contribution in [2.45, 2.75) is 63.8 Å². The van der Waals surface area contributed by atoms with Crippen molar-refractivity contribution in [2.75, 3.05) is 57.3 Å². The Morgan fingerprint density at radius 1 is 0.864 bits per heavy atom. The standard InChI is InChI=1S/C46H51N7O6/c54-40(19-13-34-9-7-23-47-32-34)48-24-4-3-8-33-21-26-52(27-22-33)44(57)36-14-16-37(17-15-36)51-30-28-50(29-31-51)25-5-1-2-10-35-11-6-12-38-42(35)46(59)53(45(38)58)39-18-20-41(55)49-43(39)56/h6-7,9,11-17,19,23,32-33,39H,1,3-5,8,18,20-22,24-31H2,(H,48,54)(H,49,55,56)/b19-13+. The number of imide groups is 2. The van der Waals surface area contributed by atoms with Crippen molar-refractivity contribution in [3.63, 3.8) is 0 Å². The molecule has 7 rings (SSSR count). The average molecular weight is 798 g/mol. The monoisotopic (exact) mass is 797 g/mol. The van der Waals surface area contributed by atoms with Crippen LogP contribution < -0.4 is 15.5 Å². The van der Waals surface area contributed by atoms with E-state index in [0.29, 0.717) is 24.4 Å². The molecule has 59 heavy (non-hydrogen) atoms. The zero-order valence-electron chi connectivity index (χ0n) is 33.4. The second-order valence-electron chi connectivity index (χ2n) is 15.6. The third kappa shape index (κ3) is 10.3. The van der Waals surface area contributed by atoms with Crippen LogP contribution in [0.15, 0.2) is 73.1 Å². The van der Waals surface area contributed by atoms with E-state index in [0.717, 1.165) is 106 Å². The number of nitrogens with one attached hydrogen (secondary N) is 2. The lowest BCUT2D eigenvalue weighted by atomic mass is 9.91. The predicted octanol–water partition coefficient (Wildman–Crippen LogP) is 4.29. The largest absolute Gasteiger partial charge is 0.369 e. The Hall–Kier alpha value is -6.13. The molecule has 1 atom stereocenters. The number of carbonyl (C=O) groups excluding carboxylic acids is 6. The van der Waals surface area contributed by atoms with Crippen molar-refractivity contribution in [1.82, 2.24) is 30.3 Å². The number of amides is 6. The first-order valence-corrected chi connectivity index (χ1v) is 20.8. The number of rotatable bonds is 13. The molecule has 6 amide bonds. The summed E-state index contributed by atoms with van der Waals surface area (Å²) < 4.78 is 0. The van der Waals surface area contributed by atoms with E-state index in [-0.39, 0.29) is 35.8 Å². The minimum absolute atomic E-state index is 0.0729. The first kappa shape index (κ1) is 41.0. The Morgan fingerprint density at radius 2 is 1.66 bits per heavy atom. The quantitative estimate of drug-likeness (QED) is 0.112. The van der Waals surface area contributed by atoms with Gasteiger partial charge in [-0.25, -0.2) is 0 Å². The van der Waals surface area contributed by atoms with E-state index in [9.17, 15) is 28.8 Å². The van der Waals surface area contributed by atoms with Crippen LogP contribution in [0.3, 0.4) is 0 Å². The zero-order valence-corrected chi connectivity index (χ0v) is 33.4. The molecule has 5 heterocycles. The van der Waals surface area contributed by atoms with Gasteiger partial charge in [0.2, 0.25) is 17.7 Å². The second kappa shape index (κ2) is 19.5. The number of benzene rings is 2. The van der Waals surface area contributed by atoms with Crippen molar-refractivity contribution >= 4 is 47.2 Å². The predicted molar refractivity (Wildman–Crippen MR) is 223 cm³/mol. The number of unbranched alkanes of at least 4 members (excludes halogenated alkanes) is 2. The maximum absolute atomic E-state index is 13.3. The maximum atomic E-state index is 13.3. The highest BCUT2D eigenvalue weighted by molar-refractivity contribution is 6.24. The fourth-order valence-corrected chi connectivity index (χ4v) is 8.29. The molecule has 4 aliphatic heterocycles. The average Bonchev–Trinajstić information content (AvgIpc) is 3.52. The second-order valence-corrected chi connectivity index (χ2v) is 15.6. The van der Waals surface area contributed by atoms with Gasteiger partial charge < -0.3 is 15.1 Å². The summed E-state index contributed by atoms with van der Waals surface area (Å²) in [4.78, 5) is 87.6. The molecule has 1 unspecified atom stereocenters. The molecule has 0 spiro atoms. The van der Waals surface area contributed by atoms with Gasteiger partial charge in [-0.3, -0.25) is 48.9 Å². The number of pyridine rings is 1. The van der Waals surface area contributed by atoms with E-state index in [1.807, 2.05) is 29.2 Å². The van der Waals surface area contributed by atoms with Gasteiger partial charge in [0, 0.05) is 93.9 Å². The molecule has 4 aliphatic rings. The number of fused-ring (bicyclic) bond motifs is 1. The third-order valence-electron chi connectivity index (χ3n) is 11.7. The lowest BCUT2D eigenvalue weighted by molar-refractivity contribution is -0.136. The van der Waals surface area contributed by atoms with Crippen LogP contribution in [0.5, 0.6) is 0 Å². The molecule has 3 aromatic rings. The van der Waals surface area contributed by atoms with Crippen LogP contribution in [0, 0.1) is 17.8 Å². The fraction of sp³-hybridized carbons (Fsp3) is 0.413. The van der Waals surface area contributed by atoms with Crippen molar-refractivity contribution in [2.24, 2.45) is 5.92 Å². The molecule has 13 heteroatoms. The Kier molecular flexibility index (Phi) is 13.6. The van der Waals surface area contributed by atoms with Crippen LogP contribution in [-0.2, 0) is 14.4 Å². The molecule has 1 aromatic heterocycles. The first-order chi connectivity index (χ1) is 28.7. The fourth-order valence-electron chi connectivity index (χ4n) is 8.29. The van der Waals surface area contributed by atoms with Crippen LogP contribution in [0.1, 0.15) is 100.0 Å². The summed E-state index contributed by atoms with van der Waals surface area (Å²) in [6.45, 7) is 6.70. The number of nitrogens with zero attached hydrogens (tertiary/aromatic N) is 5. The summed E-state index contributed by atoms with van der Waals surface area (Å²) in [6.07, 6.45) is 13.5. The number of anilines is 1. The Morgan fingerprint density at radius 3 is 2.41 bits per heavy atom. The SMILES string of the molecule is O=C(/C=C/c1cccnc1)NCCCCC1CCN(C(=O)c2ccc(N3CCN(CCCC#Cc4cccc5c4C(=O)N(C4CCC(=O)NC4=O)C5=O)CC3)cc2)CC1. The molecule has 13 nitrogen and oxygen atoms in total. The van der Waals surface area contributed by atoms with Gasteiger partial charge in [0.15, 0.2) is 0 Å². The number of piperazine rings is 1. The number of carbonyl (C=O) groups is 6. The number of hydrogen-bond donors (Lipinski definition) is 2. The Bertz CT molecular complexity index is 2130. The van der Waals surface area contributed by atoms with Crippen LogP contribution in [0.2, 0.25) is 0 Å². The molecular formula is C46H51N7O6. The molecule has 3 fully saturated rings. The lowest BCUT2D eigenvalue weighted by Crippen LogP contribution is -2.54. The summed E-state index contributed by atoms with van der Waals surface area (Å²) in [7, 11) is 0. The highest BCUT2D eigenvalue weighted by atomic mass is 16.2. The van der Waals surface area contributed by atoms with Gasteiger partial charge in [-0.1, -0.05) is 36.8 Å². The highest BCUT2D eigenvalue weighted by Crippen LogP contribution is 2.30. The lowest BCUT2D eigenvalue weighted by Gasteiger charge is -2.36. The molecule has 306 valence electrons. The maximum Gasteiger partial charge on any atom is 0.263 e. The molecule has 0 bridgehead atoms. The van der Waals surface area contributed by atoms with E-state index in [1.165, 1.54) is 0 Å². The van der Waals surface area contributed by atoms with E-state index in [4.69, 9.17) is 0 Å². The van der Waals surface area contributed by atoms with Crippen LogP contribution in [0.4, 0.5) is 5.69 Å². The number of piperidine rings is 2. The highest BCUT2D eigenvalue weighted by Gasteiger charge is 2.45. The topological polar surface area (TPSA) is 152 Å². The number of aromatic nitrogens is 1. The zero-order chi connectivity index (χ0) is 41.1. The van der Waals surface area contributed by atoms with Gasteiger partial charge in [0.25, 0.3) is 17.7 Å². The van der Waals surface area contributed by atoms with E-state index < -0.39 is 29.7 Å². The Labute approximate surface area is 345 Å². The molecule has 3 saturated heterocycles. The third-order valence-corrected chi connectivity index (χ3v) is 11.7. The molecule has 0 aliphatic carbocycles. The van der Waals surface area contributed by atoms with Crippen LogP contribution in [-0.4, -0.2) is 114 Å². The molecule has 0 saturated carbocycles. The van der Waals surface area contributed by atoms with Crippen LogP contribution >= 0.6 is 0 Å². The summed E-state index contributed by atoms with van der Waals surface area (Å²) in [6, 6.07) is 15.7. The van der Waals surface area contributed by atoms with Gasteiger partial charge in [-0.15, -0.1) is 0 Å². The summed E-state index contributed by atoms with van der Waals surface area (Å²) >= 11 is 0. The van der Waals surface area contributed by atoms with Crippen molar-refractivity contribution in [3.05, 3.63) is 101 Å². The van der Waals surface area contributed by atoms with Gasteiger partial charge in [0.05, 0.1) is 11.1 Å². The molecular weight excluding hydrogens is 747 g/mol. The van der Waals surface area contributed by atoms with Gasteiger partial charge in [0.1, 0.15) is 6.04 Å². The summed E-state index contributed by atoms with van der Waals surface area (Å²) in [5.74, 6) is 4.75. The molecule has 0 radical (unpaired) electrons. The minimum atomic E-state index is -1.01. The first-order valence-electron chi connectivity index (χ1n) is 20.8. The van der Waals surface area contributed by atoms with Crippen LogP contribution in [0.25, 0.3) is 6.08 Å². The summed E-state index contributed by atoms with van der Waals surface area (Å²) in [5, 5.41) is 5.18. The van der Waals surface area contributed by atoms with Crippen molar-refractivity contribution < 1.29 is 28.8 Å². The van der Waals surface area contributed by atoms with Crippen molar-refractivity contribution in [3.8, 4) is 11.8 Å². The molecule has 2 N–H and O–H groups in total. The van der Waals surface area contributed by atoms with Gasteiger partial charge in [-0.05, 0) is 98.7 Å². The van der Waals surface area contributed by atoms with Gasteiger partial charge >= 0.3 is 0 Å². The number of likely N-dealkylation sites (tertiary alicyclic amines) is 1. The normalized spacial score (nSPS) is 18.8. The Balaban J connectivity index is 0.778. The van der Waals surface area contributed by atoms with E-state index in [2.05, 4.69) is 49.4 Å². The smallest absolute Gasteiger partial charge is 0.263 e. The number of hydrogen-bond acceptors (Lipinski definition) is 9. The van der Waals surface area contributed by atoms with Crippen molar-refractivity contribution in [1.29, 1.82) is 0 Å².